The highest BCUT2D eigenvalue weighted by molar-refractivity contribution is 6.47. The summed E-state index contributed by atoms with van der Waals surface area (Å²) in [5.41, 5.74) is -20.2. The summed E-state index contributed by atoms with van der Waals surface area (Å²) >= 11 is 0. The molecule has 0 amide bonds. The molecule has 0 spiro atoms. The van der Waals surface area contributed by atoms with Crippen LogP contribution in [0.4, 0.5) is 128 Å². The largest absolute Gasteiger partial charge is 0.416 e. The zero-order valence-electron chi connectivity index (χ0n) is 33.9. The van der Waals surface area contributed by atoms with Gasteiger partial charge in [0.25, 0.3) is 0 Å². The Hall–Kier alpha value is -7.44. The van der Waals surface area contributed by atoms with Crippen LogP contribution in [0.1, 0.15) is 44.5 Å². The minimum absolute atomic E-state index is 0.0357. The highest BCUT2D eigenvalue weighted by atomic mass is 19.4. The Morgan fingerprint density at radius 1 is 0.319 bits per heavy atom. The van der Waals surface area contributed by atoms with Crippen LogP contribution in [0.25, 0.3) is 0 Å². The van der Waals surface area contributed by atoms with Gasteiger partial charge in [-0.3, -0.25) is 0 Å². The van der Waals surface area contributed by atoms with E-state index in [2.05, 4.69) is 30.6 Å². The molecule has 0 radical (unpaired) electrons. The van der Waals surface area contributed by atoms with E-state index in [1.807, 2.05) is 10.6 Å². The third-order valence-electron chi connectivity index (χ3n) is 9.13. The third-order valence-corrected chi connectivity index (χ3v) is 9.13. The molecular weight excluding hydrogens is 1050 g/mol. The van der Waals surface area contributed by atoms with Gasteiger partial charge in [-0.25, -0.2) is 20.0 Å². The summed E-state index contributed by atoms with van der Waals surface area (Å²) < 4.78 is 328. The smallest absolute Gasteiger partial charge is 0.337 e. The molecule has 2 heterocycles. The van der Waals surface area contributed by atoms with E-state index in [4.69, 9.17) is 0 Å². The molecule has 0 aromatic heterocycles. The fourth-order valence-electron chi connectivity index (χ4n) is 6.01. The molecule has 0 unspecified atom stereocenters. The summed E-state index contributed by atoms with van der Waals surface area (Å²) in [6, 6.07) is -0.894. The number of nitrogens with one attached hydrogen (secondary N) is 4. The van der Waals surface area contributed by atoms with Crippen molar-refractivity contribution < 1.29 is 105 Å². The number of anilines is 2. The SMILES string of the molecule is FC(F)(F)c1cc(N=C2N/C(=C/C=C3\N=C(Nc4cc(C(F)(F)F)cc(C(F)(F)F)c4)C(=Nc4cc(C(F)(F)F)cc(C(F)(F)F)c4)N3)N=C2Nc2cc(C(F)(F)F)cc(C(F)(F)F)c2)cc(C(F)(F)F)c1. The molecule has 4 aromatic rings. The van der Waals surface area contributed by atoms with Crippen LogP contribution in [0, 0.1) is 0 Å². The van der Waals surface area contributed by atoms with Crippen molar-refractivity contribution in [3.63, 3.8) is 0 Å². The number of hydrogen-bond acceptors (Lipinski definition) is 6. The Balaban J connectivity index is 1.52. The first-order chi connectivity index (χ1) is 32.6. The summed E-state index contributed by atoms with van der Waals surface area (Å²) in [4.78, 5) is 14.7. The van der Waals surface area contributed by atoms with Crippen LogP contribution in [0.2, 0.25) is 0 Å². The average Bonchev–Trinajstić information content (AvgIpc) is 3.78. The van der Waals surface area contributed by atoms with Crippen LogP contribution in [0.15, 0.2) is 117 Å². The first kappa shape index (κ1) is 53.9. The second-order valence-corrected chi connectivity index (χ2v) is 14.6. The maximum absolute atomic E-state index is 13.7. The molecule has 386 valence electrons. The summed E-state index contributed by atoms with van der Waals surface area (Å²) in [5.74, 6) is -5.62. The number of benzene rings is 4. The molecule has 0 bridgehead atoms. The lowest BCUT2D eigenvalue weighted by atomic mass is 10.1. The van der Waals surface area contributed by atoms with Gasteiger partial charge in [-0.2, -0.15) is 105 Å². The topological polar surface area (TPSA) is 97.6 Å². The highest BCUT2D eigenvalue weighted by Crippen LogP contribution is 2.42. The van der Waals surface area contributed by atoms with Crippen molar-refractivity contribution in [2.45, 2.75) is 49.4 Å². The van der Waals surface area contributed by atoms with Crippen molar-refractivity contribution in [1.82, 2.24) is 10.6 Å². The lowest BCUT2D eigenvalue weighted by Gasteiger charge is -2.15. The van der Waals surface area contributed by atoms with Gasteiger partial charge in [0.1, 0.15) is 11.6 Å². The van der Waals surface area contributed by atoms with E-state index in [0.29, 0.717) is 12.2 Å². The molecular formula is C40H18F24N8. The molecule has 2 aliphatic heterocycles. The summed E-state index contributed by atoms with van der Waals surface area (Å²) in [6.45, 7) is 0. The van der Waals surface area contributed by atoms with Gasteiger partial charge < -0.3 is 21.3 Å². The Kier molecular flexibility index (Phi) is 13.7. The van der Waals surface area contributed by atoms with E-state index in [0.717, 1.165) is 0 Å². The molecule has 72 heavy (non-hydrogen) atoms. The van der Waals surface area contributed by atoms with Crippen LogP contribution in [-0.4, -0.2) is 23.3 Å². The van der Waals surface area contributed by atoms with Gasteiger partial charge in [0.2, 0.25) is 0 Å². The quantitative estimate of drug-likeness (QED) is 0.150. The summed E-state index contributed by atoms with van der Waals surface area (Å²) in [7, 11) is 0. The highest BCUT2D eigenvalue weighted by Gasteiger charge is 2.41. The van der Waals surface area contributed by atoms with Gasteiger partial charge in [0.05, 0.1) is 55.9 Å². The zero-order valence-corrected chi connectivity index (χ0v) is 33.9. The van der Waals surface area contributed by atoms with Gasteiger partial charge in [0, 0.05) is 11.4 Å². The number of nitrogens with zero attached hydrogens (tertiary/aromatic N) is 4. The number of amidine groups is 4. The van der Waals surface area contributed by atoms with Crippen LogP contribution in [-0.2, 0) is 49.4 Å². The van der Waals surface area contributed by atoms with Crippen molar-refractivity contribution in [3.8, 4) is 0 Å². The predicted molar refractivity (Wildman–Crippen MR) is 205 cm³/mol. The van der Waals surface area contributed by atoms with E-state index >= 15 is 0 Å². The average molecular weight is 1070 g/mol. The van der Waals surface area contributed by atoms with Crippen molar-refractivity contribution in [3.05, 3.63) is 141 Å². The zero-order chi connectivity index (χ0) is 53.9. The van der Waals surface area contributed by atoms with Crippen molar-refractivity contribution in [2.24, 2.45) is 20.0 Å². The number of rotatable bonds is 5. The van der Waals surface area contributed by atoms with Crippen molar-refractivity contribution in [2.75, 3.05) is 10.6 Å². The lowest BCUT2D eigenvalue weighted by Crippen LogP contribution is -2.28. The molecule has 0 saturated heterocycles. The van der Waals surface area contributed by atoms with Gasteiger partial charge in [-0.15, -0.1) is 0 Å². The molecule has 0 atom stereocenters. The van der Waals surface area contributed by atoms with Crippen molar-refractivity contribution in [1.29, 1.82) is 0 Å². The number of halogens is 24. The Bertz CT molecular complexity index is 2630. The summed E-state index contributed by atoms with van der Waals surface area (Å²) in [6.07, 6.45) is -42.5. The standard InChI is InChI=1S/C40H18F24N8/c41-33(42,43)15-3-16(34(44,45)46)8-23(7-15)65-29-30(66-24-9-17(35(47,48)49)4-18(10-24)36(50,51)52)70-27(69-29)1-2-28-71-31(67-25-11-19(37(53,54)55)5-20(12-25)38(56,57)58)32(72-28)68-26-13-21(39(59,60)61)6-22(14-26)40(62,63)64/h1-14H,(H,65,69)(H,66,70)(H,67,71)(H,68,72). The maximum atomic E-state index is 13.7. The third kappa shape index (κ3) is 13.3. The van der Waals surface area contributed by atoms with Crippen LogP contribution in [0.5, 0.6) is 0 Å². The number of allylic oxidation sites excluding steroid dienone is 2. The molecule has 8 nitrogen and oxygen atoms in total. The lowest BCUT2D eigenvalue weighted by molar-refractivity contribution is -0.144. The molecule has 0 aliphatic carbocycles. The van der Waals surface area contributed by atoms with E-state index in [-0.39, 0.29) is 72.8 Å². The molecule has 4 N–H and O–H groups in total. The van der Waals surface area contributed by atoms with Gasteiger partial charge >= 0.3 is 49.4 Å². The van der Waals surface area contributed by atoms with Crippen molar-refractivity contribution >= 4 is 46.1 Å². The first-order valence-electron chi connectivity index (χ1n) is 18.7. The number of aliphatic imine (C=N–C) groups is 4. The van der Waals surface area contributed by atoms with Crippen LogP contribution >= 0.6 is 0 Å². The molecule has 4 aromatic carbocycles. The fourth-order valence-corrected chi connectivity index (χ4v) is 6.01. The van der Waals surface area contributed by atoms with Crippen LogP contribution < -0.4 is 21.3 Å². The number of alkyl halides is 24. The molecule has 32 heteroatoms. The Morgan fingerprint density at radius 3 is 0.736 bits per heavy atom. The fraction of sp³-hybridized carbons (Fsp3) is 0.200. The summed E-state index contributed by atoms with van der Waals surface area (Å²) in [5, 5.41) is 8.28. The minimum Gasteiger partial charge on any atom is -0.337 e. The monoisotopic (exact) mass is 1070 g/mol. The molecule has 2 aliphatic rings. The second kappa shape index (κ2) is 18.3. The molecule has 0 saturated carbocycles. The number of hydrogen-bond donors (Lipinski definition) is 4. The van der Waals surface area contributed by atoms with E-state index in [1.165, 1.54) is 0 Å². The van der Waals surface area contributed by atoms with E-state index < -0.39 is 152 Å². The Morgan fingerprint density at radius 2 is 0.528 bits per heavy atom. The van der Waals surface area contributed by atoms with E-state index in [9.17, 15) is 105 Å². The second-order valence-electron chi connectivity index (χ2n) is 14.6. The first-order valence-corrected chi connectivity index (χ1v) is 18.7. The Labute approximate surface area is 383 Å². The van der Waals surface area contributed by atoms with Gasteiger partial charge in [0.15, 0.2) is 23.3 Å². The minimum atomic E-state index is -5.48. The van der Waals surface area contributed by atoms with Gasteiger partial charge in [-0.05, 0) is 84.9 Å². The molecule has 0 fully saturated rings. The molecule has 6 rings (SSSR count). The van der Waals surface area contributed by atoms with Crippen LogP contribution in [0.3, 0.4) is 0 Å². The predicted octanol–water partition coefficient (Wildman–Crippen LogP) is 14.5. The van der Waals surface area contributed by atoms with Gasteiger partial charge in [-0.1, -0.05) is 0 Å². The van der Waals surface area contributed by atoms with E-state index in [1.54, 1.807) is 0 Å². The maximum Gasteiger partial charge on any atom is 0.416 e. The normalized spacial score (nSPS) is 17.7.